The first kappa shape index (κ1) is 9.41. The van der Waals surface area contributed by atoms with Crippen LogP contribution in [0.15, 0.2) is 40.3 Å². The molecule has 2 rings (SSSR count). The first-order valence-electron chi connectivity index (χ1n) is 4.66. The van der Waals surface area contributed by atoms with Gasteiger partial charge < -0.3 is 5.32 Å². The molecule has 0 saturated heterocycles. The Hall–Kier alpha value is -2.15. The third-order valence-corrected chi connectivity index (χ3v) is 2.09. The molecule has 0 aromatic heterocycles. The maximum atomic E-state index is 8.75. The SMILES string of the molecule is N#CC1N=CNC1=NCc1ccccc1. The monoisotopic (exact) mass is 198 g/mol. The molecule has 4 nitrogen and oxygen atoms in total. The summed E-state index contributed by atoms with van der Waals surface area (Å²) in [5.41, 5.74) is 1.12. The average molecular weight is 198 g/mol. The van der Waals surface area contributed by atoms with Crippen LogP contribution >= 0.6 is 0 Å². The second-order valence-electron chi connectivity index (χ2n) is 3.14. The summed E-state index contributed by atoms with van der Waals surface area (Å²) in [5.74, 6) is 0.626. The smallest absolute Gasteiger partial charge is 0.195 e. The van der Waals surface area contributed by atoms with Crippen molar-refractivity contribution in [3.05, 3.63) is 35.9 Å². The highest BCUT2D eigenvalue weighted by Gasteiger charge is 2.16. The molecule has 74 valence electrons. The van der Waals surface area contributed by atoms with E-state index in [2.05, 4.69) is 21.4 Å². The van der Waals surface area contributed by atoms with Gasteiger partial charge in [0.2, 0.25) is 0 Å². The van der Waals surface area contributed by atoms with E-state index in [0.717, 1.165) is 5.56 Å². The molecule has 0 aliphatic carbocycles. The molecule has 0 fully saturated rings. The summed E-state index contributed by atoms with van der Waals surface area (Å²) >= 11 is 0. The number of hydrogen-bond acceptors (Lipinski definition) is 3. The summed E-state index contributed by atoms with van der Waals surface area (Å²) in [6.07, 6.45) is 1.51. The Morgan fingerprint density at radius 3 is 2.93 bits per heavy atom. The van der Waals surface area contributed by atoms with Crippen LogP contribution in [-0.4, -0.2) is 18.2 Å². The van der Waals surface area contributed by atoms with E-state index >= 15 is 0 Å². The molecule has 1 aromatic rings. The maximum absolute atomic E-state index is 8.75. The summed E-state index contributed by atoms with van der Waals surface area (Å²) in [4.78, 5) is 8.22. The van der Waals surface area contributed by atoms with Gasteiger partial charge >= 0.3 is 0 Å². The van der Waals surface area contributed by atoms with Gasteiger partial charge in [-0.25, -0.2) is 4.99 Å². The van der Waals surface area contributed by atoms with Gasteiger partial charge in [-0.3, -0.25) is 4.99 Å². The number of hydrogen-bond donors (Lipinski definition) is 1. The van der Waals surface area contributed by atoms with Gasteiger partial charge in [-0.15, -0.1) is 0 Å². The molecule has 15 heavy (non-hydrogen) atoms. The second-order valence-corrected chi connectivity index (χ2v) is 3.14. The van der Waals surface area contributed by atoms with Gasteiger partial charge in [-0.1, -0.05) is 30.3 Å². The van der Waals surface area contributed by atoms with Crippen LogP contribution in [0, 0.1) is 11.3 Å². The maximum Gasteiger partial charge on any atom is 0.195 e. The van der Waals surface area contributed by atoms with Crippen molar-refractivity contribution in [2.24, 2.45) is 9.98 Å². The Kier molecular flexibility index (Phi) is 2.75. The molecule has 0 saturated carbocycles. The largest absolute Gasteiger partial charge is 0.332 e. The highest BCUT2D eigenvalue weighted by atomic mass is 15.1. The van der Waals surface area contributed by atoms with Crippen molar-refractivity contribution in [1.29, 1.82) is 5.26 Å². The van der Waals surface area contributed by atoms with Gasteiger partial charge in [0, 0.05) is 0 Å². The van der Waals surface area contributed by atoms with Gasteiger partial charge in [0.25, 0.3) is 0 Å². The number of rotatable bonds is 2. The summed E-state index contributed by atoms with van der Waals surface area (Å²) < 4.78 is 0. The van der Waals surface area contributed by atoms with Crippen LogP contribution in [0.1, 0.15) is 5.56 Å². The minimum Gasteiger partial charge on any atom is -0.332 e. The van der Waals surface area contributed by atoms with Crippen LogP contribution in [0.4, 0.5) is 0 Å². The number of amidine groups is 1. The van der Waals surface area contributed by atoms with Crippen molar-refractivity contribution < 1.29 is 0 Å². The zero-order valence-electron chi connectivity index (χ0n) is 8.09. The summed E-state index contributed by atoms with van der Waals surface area (Å²) in [7, 11) is 0. The van der Waals surface area contributed by atoms with Crippen LogP contribution in [0.2, 0.25) is 0 Å². The highest BCUT2D eigenvalue weighted by molar-refractivity contribution is 6.02. The first-order chi connectivity index (χ1) is 7.40. The van der Waals surface area contributed by atoms with Gasteiger partial charge in [0.05, 0.1) is 19.0 Å². The quantitative estimate of drug-likeness (QED) is 0.773. The first-order valence-corrected chi connectivity index (χ1v) is 4.66. The van der Waals surface area contributed by atoms with Crippen molar-refractivity contribution in [2.45, 2.75) is 12.6 Å². The lowest BCUT2D eigenvalue weighted by Gasteiger charge is -2.00. The van der Waals surface area contributed by atoms with E-state index in [0.29, 0.717) is 12.4 Å². The van der Waals surface area contributed by atoms with Crippen molar-refractivity contribution in [3.8, 4) is 6.07 Å². The summed E-state index contributed by atoms with van der Waals surface area (Å²) in [5, 5.41) is 11.6. The fourth-order valence-electron chi connectivity index (χ4n) is 1.31. The molecular weight excluding hydrogens is 188 g/mol. The minimum atomic E-state index is -0.464. The number of aliphatic imine (C=N–C) groups is 2. The van der Waals surface area contributed by atoms with Gasteiger partial charge in [0.15, 0.2) is 6.04 Å². The van der Waals surface area contributed by atoms with Crippen LogP contribution in [0.5, 0.6) is 0 Å². The van der Waals surface area contributed by atoms with Gasteiger partial charge in [0.1, 0.15) is 5.84 Å². The topological polar surface area (TPSA) is 60.5 Å². The molecule has 0 spiro atoms. The number of nitrogens with zero attached hydrogens (tertiary/aromatic N) is 3. The average Bonchev–Trinajstić information content (AvgIpc) is 2.75. The molecule has 0 amide bonds. The van der Waals surface area contributed by atoms with E-state index in [4.69, 9.17) is 5.26 Å². The molecule has 1 aromatic carbocycles. The van der Waals surface area contributed by atoms with Crippen molar-refractivity contribution in [3.63, 3.8) is 0 Å². The third kappa shape index (κ3) is 2.20. The van der Waals surface area contributed by atoms with E-state index in [1.165, 1.54) is 6.34 Å². The molecule has 0 radical (unpaired) electrons. The normalized spacial score (nSPS) is 21.3. The summed E-state index contributed by atoms with van der Waals surface area (Å²) in [6, 6.07) is 11.5. The van der Waals surface area contributed by atoms with Gasteiger partial charge in [-0.05, 0) is 5.56 Å². The predicted molar refractivity (Wildman–Crippen MR) is 58.6 cm³/mol. The third-order valence-electron chi connectivity index (χ3n) is 2.09. The van der Waals surface area contributed by atoms with Crippen LogP contribution in [0.3, 0.4) is 0 Å². The Bertz CT molecular complexity index is 428. The fourth-order valence-corrected chi connectivity index (χ4v) is 1.31. The Labute approximate surface area is 88.0 Å². The van der Waals surface area contributed by atoms with Crippen molar-refractivity contribution in [2.75, 3.05) is 0 Å². The van der Waals surface area contributed by atoms with Crippen molar-refractivity contribution in [1.82, 2.24) is 5.32 Å². The molecule has 1 aliphatic heterocycles. The lowest BCUT2D eigenvalue weighted by atomic mass is 10.2. The molecule has 4 heteroatoms. The van der Waals surface area contributed by atoms with Crippen molar-refractivity contribution >= 4 is 12.2 Å². The van der Waals surface area contributed by atoms with E-state index in [1.54, 1.807) is 0 Å². The lowest BCUT2D eigenvalue weighted by molar-refractivity contribution is 1.01. The highest BCUT2D eigenvalue weighted by Crippen LogP contribution is 2.03. The lowest BCUT2D eigenvalue weighted by Crippen LogP contribution is -2.24. The molecule has 0 bridgehead atoms. The molecule has 1 N–H and O–H groups in total. The Morgan fingerprint density at radius 1 is 1.40 bits per heavy atom. The standard InChI is InChI=1S/C11H10N4/c12-6-10-11(15-8-14-10)13-7-9-4-2-1-3-5-9/h1-5,8,10H,7H2,(H,13,14,15). The van der Waals surface area contributed by atoms with E-state index < -0.39 is 6.04 Å². The van der Waals surface area contributed by atoms with E-state index in [9.17, 15) is 0 Å². The zero-order chi connectivity index (χ0) is 10.5. The van der Waals surface area contributed by atoms with E-state index in [1.807, 2.05) is 30.3 Å². The van der Waals surface area contributed by atoms with E-state index in [-0.39, 0.29) is 0 Å². The summed E-state index contributed by atoms with van der Waals surface area (Å²) in [6.45, 7) is 0.574. The molecule has 1 heterocycles. The number of benzene rings is 1. The zero-order valence-corrected chi connectivity index (χ0v) is 8.09. The molecule has 1 atom stereocenters. The Morgan fingerprint density at radius 2 is 2.20 bits per heavy atom. The molecule has 1 aliphatic rings. The molecular formula is C11H10N4. The number of nitriles is 1. The predicted octanol–water partition coefficient (Wildman–Crippen LogP) is 1.11. The fraction of sp³-hybridized carbons (Fsp3) is 0.182. The molecule has 1 unspecified atom stereocenters. The van der Waals surface area contributed by atoms with Crippen LogP contribution < -0.4 is 5.32 Å². The number of nitrogens with one attached hydrogen (secondary N) is 1. The van der Waals surface area contributed by atoms with Crippen LogP contribution in [-0.2, 0) is 6.54 Å². The minimum absolute atomic E-state index is 0.464. The Balaban J connectivity index is 2.04. The van der Waals surface area contributed by atoms with Gasteiger partial charge in [-0.2, -0.15) is 5.26 Å². The second kappa shape index (κ2) is 4.38. The van der Waals surface area contributed by atoms with Crippen LogP contribution in [0.25, 0.3) is 0 Å².